The minimum Gasteiger partial charge on any atom is -0.495 e. The first kappa shape index (κ1) is 15.9. The number of benzene rings is 2. The Morgan fingerprint density at radius 2 is 1.71 bits per heavy atom. The normalized spacial score (nSPS) is 12.2. The fraction of sp³-hybridized carbons (Fsp3) is 0.333. The molecule has 0 aliphatic heterocycles. The third-order valence-electron chi connectivity index (χ3n) is 3.64. The van der Waals surface area contributed by atoms with Crippen LogP contribution in [0.5, 0.6) is 5.75 Å². The summed E-state index contributed by atoms with van der Waals surface area (Å²) in [5.41, 5.74) is 3.74. The Balaban J connectivity index is 2.35. The zero-order valence-corrected chi connectivity index (χ0v) is 13.6. The Morgan fingerprint density at radius 3 is 2.24 bits per heavy atom. The second-order valence-corrected chi connectivity index (χ2v) is 5.39. The molecule has 2 nitrogen and oxygen atoms in total. The van der Waals surface area contributed by atoms with E-state index in [4.69, 9.17) is 16.3 Å². The summed E-state index contributed by atoms with van der Waals surface area (Å²) in [7, 11) is 1.63. The molecule has 0 aromatic heterocycles. The summed E-state index contributed by atoms with van der Waals surface area (Å²) in [4.78, 5) is 0. The van der Waals surface area contributed by atoms with Crippen LogP contribution in [0.1, 0.15) is 36.6 Å². The third kappa shape index (κ3) is 3.78. The van der Waals surface area contributed by atoms with Crippen LogP contribution in [0.4, 0.5) is 0 Å². The van der Waals surface area contributed by atoms with E-state index in [9.17, 15) is 0 Å². The summed E-state index contributed by atoms with van der Waals surface area (Å²) in [5, 5.41) is 4.16. The highest BCUT2D eigenvalue weighted by molar-refractivity contribution is 6.32. The predicted molar refractivity (Wildman–Crippen MR) is 89.3 cm³/mol. The molecule has 2 aromatic rings. The van der Waals surface area contributed by atoms with Gasteiger partial charge in [0.25, 0.3) is 0 Å². The SMILES string of the molecule is CCNC(c1ccc(CC)cc1)c1ccc(OC)c(Cl)c1. The Morgan fingerprint density at radius 1 is 1.05 bits per heavy atom. The van der Waals surface area contributed by atoms with E-state index in [0.29, 0.717) is 10.8 Å². The van der Waals surface area contributed by atoms with Crippen molar-refractivity contribution in [3.63, 3.8) is 0 Å². The molecule has 0 aliphatic carbocycles. The third-order valence-corrected chi connectivity index (χ3v) is 3.93. The molecule has 0 heterocycles. The molecule has 3 heteroatoms. The van der Waals surface area contributed by atoms with Gasteiger partial charge in [-0.25, -0.2) is 0 Å². The molecule has 0 amide bonds. The van der Waals surface area contributed by atoms with Gasteiger partial charge in [-0.05, 0) is 41.8 Å². The van der Waals surface area contributed by atoms with E-state index >= 15 is 0 Å². The van der Waals surface area contributed by atoms with E-state index in [0.717, 1.165) is 18.5 Å². The lowest BCUT2D eigenvalue weighted by Crippen LogP contribution is -2.22. The van der Waals surface area contributed by atoms with Gasteiger partial charge in [-0.2, -0.15) is 0 Å². The lowest BCUT2D eigenvalue weighted by molar-refractivity contribution is 0.414. The van der Waals surface area contributed by atoms with Crippen LogP contribution in [0, 0.1) is 0 Å². The van der Waals surface area contributed by atoms with Crippen LogP contribution in [-0.2, 0) is 6.42 Å². The molecule has 1 N–H and O–H groups in total. The Hall–Kier alpha value is -1.51. The molecular weight excluding hydrogens is 282 g/mol. The van der Waals surface area contributed by atoms with Crippen molar-refractivity contribution in [2.75, 3.05) is 13.7 Å². The van der Waals surface area contributed by atoms with Gasteiger partial charge >= 0.3 is 0 Å². The molecule has 2 aromatic carbocycles. The van der Waals surface area contributed by atoms with E-state index in [2.05, 4.69) is 49.5 Å². The van der Waals surface area contributed by atoms with Crippen LogP contribution in [0.2, 0.25) is 5.02 Å². The highest BCUT2D eigenvalue weighted by Crippen LogP contribution is 2.30. The number of hydrogen-bond donors (Lipinski definition) is 1. The number of ether oxygens (including phenoxy) is 1. The molecule has 0 saturated carbocycles. The first-order chi connectivity index (χ1) is 10.2. The molecule has 112 valence electrons. The molecule has 0 radical (unpaired) electrons. The van der Waals surface area contributed by atoms with Gasteiger partial charge in [0.2, 0.25) is 0 Å². The monoisotopic (exact) mass is 303 g/mol. The van der Waals surface area contributed by atoms with Crippen LogP contribution in [0.15, 0.2) is 42.5 Å². The summed E-state index contributed by atoms with van der Waals surface area (Å²) in [5.74, 6) is 0.706. The molecule has 0 aliphatic rings. The van der Waals surface area contributed by atoms with E-state index < -0.39 is 0 Å². The van der Waals surface area contributed by atoms with Crippen molar-refractivity contribution in [3.05, 3.63) is 64.2 Å². The molecule has 21 heavy (non-hydrogen) atoms. The minimum atomic E-state index is 0.143. The minimum absolute atomic E-state index is 0.143. The van der Waals surface area contributed by atoms with Gasteiger partial charge in [-0.1, -0.05) is 55.8 Å². The number of aryl methyl sites for hydroxylation is 1. The molecule has 0 fully saturated rings. The highest BCUT2D eigenvalue weighted by atomic mass is 35.5. The molecule has 2 rings (SSSR count). The number of methoxy groups -OCH3 is 1. The zero-order valence-electron chi connectivity index (χ0n) is 12.8. The maximum atomic E-state index is 6.26. The molecular formula is C18H22ClNO. The van der Waals surface area contributed by atoms with Crippen LogP contribution < -0.4 is 10.1 Å². The van der Waals surface area contributed by atoms with Gasteiger partial charge in [-0.15, -0.1) is 0 Å². The van der Waals surface area contributed by atoms with E-state index in [1.54, 1.807) is 7.11 Å². The van der Waals surface area contributed by atoms with Gasteiger partial charge < -0.3 is 10.1 Å². The Labute approximate surface area is 132 Å². The highest BCUT2D eigenvalue weighted by Gasteiger charge is 2.14. The van der Waals surface area contributed by atoms with Crippen molar-refractivity contribution in [1.82, 2.24) is 5.32 Å². The standard InChI is InChI=1S/C18H22ClNO/c1-4-13-6-8-14(9-7-13)18(20-5-2)15-10-11-17(21-3)16(19)12-15/h6-12,18,20H,4-5H2,1-3H3. The van der Waals surface area contributed by atoms with E-state index in [-0.39, 0.29) is 6.04 Å². The van der Waals surface area contributed by atoms with E-state index in [1.165, 1.54) is 11.1 Å². The van der Waals surface area contributed by atoms with E-state index in [1.807, 2.05) is 12.1 Å². The van der Waals surface area contributed by atoms with Crippen LogP contribution >= 0.6 is 11.6 Å². The summed E-state index contributed by atoms with van der Waals surface area (Å²) in [6, 6.07) is 14.8. The quantitative estimate of drug-likeness (QED) is 0.841. The van der Waals surface area contributed by atoms with Crippen LogP contribution in [0.3, 0.4) is 0 Å². The topological polar surface area (TPSA) is 21.3 Å². The summed E-state index contributed by atoms with van der Waals surface area (Å²) in [6.07, 6.45) is 1.06. The number of nitrogens with one attached hydrogen (secondary N) is 1. The predicted octanol–water partition coefficient (Wildman–Crippen LogP) is 4.61. The number of rotatable bonds is 6. The first-order valence-electron chi connectivity index (χ1n) is 7.35. The Kier molecular flexibility index (Phi) is 5.66. The maximum Gasteiger partial charge on any atom is 0.137 e. The summed E-state index contributed by atoms with van der Waals surface area (Å²) < 4.78 is 5.22. The van der Waals surface area contributed by atoms with Crippen molar-refractivity contribution < 1.29 is 4.74 Å². The molecule has 0 bridgehead atoms. The Bertz CT molecular complexity index is 580. The van der Waals surface area contributed by atoms with Crippen molar-refractivity contribution in [1.29, 1.82) is 0 Å². The van der Waals surface area contributed by atoms with Crippen molar-refractivity contribution >= 4 is 11.6 Å². The second kappa shape index (κ2) is 7.48. The largest absolute Gasteiger partial charge is 0.495 e. The lowest BCUT2D eigenvalue weighted by Gasteiger charge is -2.20. The number of halogens is 1. The van der Waals surface area contributed by atoms with Crippen molar-refractivity contribution in [2.24, 2.45) is 0 Å². The molecule has 1 atom stereocenters. The fourth-order valence-electron chi connectivity index (χ4n) is 2.44. The summed E-state index contributed by atoms with van der Waals surface area (Å²) in [6.45, 7) is 5.17. The van der Waals surface area contributed by atoms with Crippen LogP contribution in [-0.4, -0.2) is 13.7 Å². The maximum absolute atomic E-state index is 6.26. The average molecular weight is 304 g/mol. The fourth-order valence-corrected chi connectivity index (χ4v) is 2.71. The lowest BCUT2D eigenvalue weighted by atomic mass is 9.97. The molecule has 0 saturated heterocycles. The van der Waals surface area contributed by atoms with Crippen LogP contribution in [0.25, 0.3) is 0 Å². The number of hydrogen-bond acceptors (Lipinski definition) is 2. The average Bonchev–Trinajstić information content (AvgIpc) is 2.52. The van der Waals surface area contributed by atoms with Gasteiger partial charge in [0.15, 0.2) is 0 Å². The molecule has 0 spiro atoms. The van der Waals surface area contributed by atoms with Gasteiger partial charge in [0.1, 0.15) is 5.75 Å². The van der Waals surface area contributed by atoms with Gasteiger partial charge in [0, 0.05) is 0 Å². The van der Waals surface area contributed by atoms with Crippen molar-refractivity contribution in [3.8, 4) is 5.75 Å². The summed E-state index contributed by atoms with van der Waals surface area (Å²) >= 11 is 6.26. The smallest absolute Gasteiger partial charge is 0.137 e. The van der Waals surface area contributed by atoms with Crippen molar-refractivity contribution in [2.45, 2.75) is 26.3 Å². The zero-order chi connectivity index (χ0) is 15.2. The second-order valence-electron chi connectivity index (χ2n) is 4.98. The molecule has 1 unspecified atom stereocenters. The van der Waals surface area contributed by atoms with Gasteiger partial charge in [-0.3, -0.25) is 0 Å². The van der Waals surface area contributed by atoms with Gasteiger partial charge in [0.05, 0.1) is 18.2 Å². The first-order valence-corrected chi connectivity index (χ1v) is 7.73.